The number of methoxy groups -OCH3 is 2. The maximum Gasteiger partial charge on any atom is 0.161 e. The molecule has 0 radical (unpaired) electrons. The quantitative estimate of drug-likeness (QED) is 0.598. The summed E-state index contributed by atoms with van der Waals surface area (Å²) in [5.41, 5.74) is 13.4. The van der Waals surface area contributed by atoms with Crippen LogP contribution in [0, 0.1) is 0 Å². The van der Waals surface area contributed by atoms with Crippen LogP contribution in [0.25, 0.3) is 22.0 Å². The van der Waals surface area contributed by atoms with Crippen LogP contribution in [-0.4, -0.2) is 24.7 Å². The second kappa shape index (κ2) is 7.92. The number of rotatable bonds is 5. The molecule has 3 aromatic rings. The number of nitrogens with zero attached hydrogens (tertiary/aromatic N) is 1. The fourth-order valence-electron chi connectivity index (χ4n) is 4.75. The first-order valence-electron chi connectivity index (χ1n) is 10.8. The number of nitrogens with two attached hydrogens (primary N) is 1. The van der Waals surface area contributed by atoms with E-state index in [-0.39, 0.29) is 5.54 Å². The highest BCUT2D eigenvalue weighted by Crippen LogP contribution is 2.44. The number of pyridine rings is 1. The summed E-state index contributed by atoms with van der Waals surface area (Å²) >= 11 is 0. The molecule has 0 spiro atoms. The Morgan fingerprint density at radius 2 is 1.80 bits per heavy atom. The van der Waals surface area contributed by atoms with Crippen LogP contribution in [0.15, 0.2) is 36.4 Å². The first kappa shape index (κ1) is 20.7. The highest BCUT2D eigenvalue weighted by molar-refractivity contribution is 5.98. The van der Waals surface area contributed by atoms with E-state index in [1.54, 1.807) is 14.2 Å². The van der Waals surface area contributed by atoms with E-state index in [0.717, 1.165) is 29.9 Å². The van der Waals surface area contributed by atoms with Crippen molar-refractivity contribution >= 4 is 10.9 Å². The third kappa shape index (κ3) is 3.77. The number of para-hydroxylation sites is 1. The molecule has 4 nitrogen and oxygen atoms in total. The maximum atomic E-state index is 6.46. The van der Waals surface area contributed by atoms with E-state index in [1.807, 2.05) is 0 Å². The van der Waals surface area contributed by atoms with Crippen molar-refractivity contribution in [1.29, 1.82) is 0 Å². The van der Waals surface area contributed by atoms with Gasteiger partial charge in [-0.25, -0.2) is 0 Å². The molecular weight excluding hydrogens is 372 g/mol. The van der Waals surface area contributed by atoms with E-state index in [0.29, 0.717) is 5.92 Å². The molecule has 0 aliphatic heterocycles. The lowest BCUT2D eigenvalue weighted by Crippen LogP contribution is -2.34. The van der Waals surface area contributed by atoms with Gasteiger partial charge in [-0.2, -0.15) is 0 Å². The molecule has 1 heterocycles. The minimum atomic E-state index is -0.343. The summed E-state index contributed by atoms with van der Waals surface area (Å²) in [6, 6.07) is 12.7. The molecule has 1 aliphatic carbocycles. The fraction of sp³-hybridized carbons (Fsp3) is 0.423. The average Bonchev–Trinajstić information content (AvgIpc) is 2.71. The summed E-state index contributed by atoms with van der Waals surface area (Å²) in [5, 5.41) is 1.19. The predicted octanol–water partition coefficient (Wildman–Crippen LogP) is 5.64. The number of ether oxygens (including phenoxy) is 2. The first-order chi connectivity index (χ1) is 14.3. The van der Waals surface area contributed by atoms with Crippen molar-refractivity contribution in [2.45, 2.75) is 57.9 Å². The van der Waals surface area contributed by atoms with Crippen molar-refractivity contribution in [3.63, 3.8) is 0 Å². The minimum Gasteiger partial charge on any atom is -0.493 e. The summed E-state index contributed by atoms with van der Waals surface area (Å²) in [4.78, 5) is 5.08. The Hall–Kier alpha value is -2.59. The lowest BCUT2D eigenvalue weighted by atomic mass is 9.80. The molecule has 0 saturated carbocycles. The number of aromatic nitrogens is 1. The van der Waals surface area contributed by atoms with Crippen molar-refractivity contribution in [2.24, 2.45) is 5.73 Å². The molecule has 1 unspecified atom stereocenters. The second-order valence-corrected chi connectivity index (χ2v) is 9.19. The molecule has 0 saturated heterocycles. The Balaban J connectivity index is 2.09. The molecule has 1 atom stereocenters. The van der Waals surface area contributed by atoms with Crippen LogP contribution in [0.3, 0.4) is 0 Å². The molecular formula is C26H32N2O2. The molecule has 0 amide bonds. The summed E-state index contributed by atoms with van der Waals surface area (Å²) in [7, 11) is 3.37. The Bertz CT molecular complexity index is 1080. The lowest BCUT2D eigenvalue weighted by molar-refractivity contribution is 0.354. The van der Waals surface area contributed by atoms with Crippen molar-refractivity contribution in [2.75, 3.05) is 14.2 Å². The maximum absolute atomic E-state index is 6.46. The molecule has 2 N–H and O–H groups in total. The third-order valence-electron chi connectivity index (χ3n) is 6.08. The zero-order valence-corrected chi connectivity index (χ0v) is 18.7. The van der Waals surface area contributed by atoms with Gasteiger partial charge in [0, 0.05) is 16.6 Å². The van der Waals surface area contributed by atoms with E-state index in [4.69, 9.17) is 20.2 Å². The van der Waals surface area contributed by atoms with Gasteiger partial charge in [0.1, 0.15) is 0 Å². The van der Waals surface area contributed by atoms with Gasteiger partial charge in [-0.15, -0.1) is 0 Å². The van der Waals surface area contributed by atoms with Crippen LogP contribution in [0.1, 0.15) is 56.4 Å². The molecule has 158 valence electrons. The van der Waals surface area contributed by atoms with Crippen LogP contribution in [0.5, 0.6) is 11.5 Å². The number of hydrogen-bond donors (Lipinski definition) is 1. The van der Waals surface area contributed by atoms with Crippen LogP contribution < -0.4 is 15.2 Å². The number of fused-ring (bicyclic) bond motifs is 2. The van der Waals surface area contributed by atoms with Gasteiger partial charge in [0.05, 0.1) is 19.7 Å². The zero-order chi connectivity index (χ0) is 21.5. The summed E-state index contributed by atoms with van der Waals surface area (Å²) < 4.78 is 11.3. The van der Waals surface area contributed by atoms with Crippen LogP contribution in [-0.2, 0) is 12.8 Å². The van der Waals surface area contributed by atoms with Gasteiger partial charge in [0.2, 0.25) is 0 Å². The van der Waals surface area contributed by atoms with Gasteiger partial charge in [-0.05, 0) is 85.9 Å². The summed E-state index contributed by atoms with van der Waals surface area (Å²) in [5.74, 6) is 1.94. The summed E-state index contributed by atoms with van der Waals surface area (Å²) in [6.45, 7) is 6.42. The topological polar surface area (TPSA) is 57.4 Å². The molecule has 1 aromatic heterocycles. The van der Waals surface area contributed by atoms with E-state index in [2.05, 4.69) is 57.2 Å². The van der Waals surface area contributed by atoms with Crippen LogP contribution in [0.4, 0.5) is 0 Å². The molecule has 4 heteroatoms. The van der Waals surface area contributed by atoms with E-state index in [9.17, 15) is 0 Å². The largest absolute Gasteiger partial charge is 0.493 e. The summed E-state index contributed by atoms with van der Waals surface area (Å²) in [6.07, 6.45) is 4.16. The third-order valence-corrected chi connectivity index (χ3v) is 6.08. The molecule has 1 aliphatic rings. The smallest absolute Gasteiger partial charge is 0.161 e. The normalized spacial score (nSPS) is 16.4. The molecule has 0 fully saturated rings. The van der Waals surface area contributed by atoms with Gasteiger partial charge >= 0.3 is 0 Å². The Kier molecular flexibility index (Phi) is 5.46. The molecule has 30 heavy (non-hydrogen) atoms. The Morgan fingerprint density at radius 1 is 1.10 bits per heavy atom. The van der Waals surface area contributed by atoms with Gasteiger partial charge in [0.25, 0.3) is 0 Å². The van der Waals surface area contributed by atoms with E-state index in [1.165, 1.54) is 46.2 Å². The number of benzene rings is 2. The molecule has 0 bridgehead atoms. The van der Waals surface area contributed by atoms with E-state index < -0.39 is 0 Å². The van der Waals surface area contributed by atoms with Gasteiger partial charge < -0.3 is 15.2 Å². The molecule has 4 rings (SSSR count). The van der Waals surface area contributed by atoms with Crippen molar-refractivity contribution in [1.82, 2.24) is 4.98 Å². The van der Waals surface area contributed by atoms with Crippen molar-refractivity contribution < 1.29 is 9.47 Å². The SMILES string of the molecule is COc1cc(CC(C)(C)N)c(-c2c3c(nc4ccccc24)C(C)CCC3)cc1OC. The van der Waals surface area contributed by atoms with Crippen LogP contribution >= 0.6 is 0 Å². The monoisotopic (exact) mass is 404 g/mol. The predicted molar refractivity (Wildman–Crippen MR) is 124 cm³/mol. The minimum absolute atomic E-state index is 0.343. The Labute approximate surface area is 179 Å². The lowest BCUT2D eigenvalue weighted by Gasteiger charge is -2.28. The second-order valence-electron chi connectivity index (χ2n) is 9.19. The van der Waals surface area contributed by atoms with Crippen molar-refractivity contribution in [3.05, 3.63) is 53.2 Å². The fourth-order valence-corrected chi connectivity index (χ4v) is 4.75. The average molecular weight is 405 g/mol. The highest BCUT2D eigenvalue weighted by Gasteiger charge is 2.27. The van der Waals surface area contributed by atoms with Gasteiger partial charge in [0.15, 0.2) is 11.5 Å². The highest BCUT2D eigenvalue weighted by atomic mass is 16.5. The number of hydrogen-bond acceptors (Lipinski definition) is 4. The Morgan fingerprint density at radius 3 is 2.50 bits per heavy atom. The zero-order valence-electron chi connectivity index (χ0n) is 18.7. The molecule has 2 aromatic carbocycles. The van der Waals surface area contributed by atoms with Gasteiger partial charge in [-0.3, -0.25) is 4.98 Å². The van der Waals surface area contributed by atoms with E-state index >= 15 is 0 Å². The first-order valence-corrected chi connectivity index (χ1v) is 10.8. The van der Waals surface area contributed by atoms with Gasteiger partial charge in [-0.1, -0.05) is 25.1 Å². The van der Waals surface area contributed by atoms with Crippen LogP contribution in [0.2, 0.25) is 0 Å². The standard InChI is InChI=1S/C26H32N2O2/c1-16-9-8-11-19-24(18-10-6-7-12-21(18)28-25(16)19)20-14-23(30-5)22(29-4)13-17(20)15-26(2,3)27/h6-7,10,12-14,16H,8-9,11,15,27H2,1-5H3. The van der Waals surface area contributed by atoms with Crippen molar-refractivity contribution in [3.8, 4) is 22.6 Å².